The number of halogens is 1. The van der Waals surface area contributed by atoms with E-state index in [1.165, 1.54) is 0 Å². The maximum absolute atomic E-state index is 12.1. The molecule has 2 rings (SSSR count). The summed E-state index contributed by atoms with van der Waals surface area (Å²) in [6.45, 7) is 2.79. The highest BCUT2D eigenvalue weighted by molar-refractivity contribution is 6.32. The molecule has 2 heterocycles. The van der Waals surface area contributed by atoms with Crippen molar-refractivity contribution in [2.24, 2.45) is 7.05 Å². The van der Waals surface area contributed by atoms with E-state index in [2.05, 4.69) is 5.10 Å². The summed E-state index contributed by atoms with van der Waals surface area (Å²) >= 11 is 6.25. The number of ether oxygens (including phenoxy) is 1. The number of hydrogen-bond acceptors (Lipinski definition) is 3. The highest BCUT2D eigenvalue weighted by Gasteiger charge is 2.21. The van der Waals surface area contributed by atoms with Gasteiger partial charge in [0.1, 0.15) is 5.78 Å². The van der Waals surface area contributed by atoms with E-state index in [9.17, 15) is 4.79 Å². The highest BCUT2D eigenvalue weighted by atomic mass is 35.5. The summed E-state index contributed by atoms with van der Waals surface area (Å²) in [4.78, 5) is 12.1. The molecule has 1 aromatic rings. The van der Waals surface area contributed by atoms with E-state index in [4.69, 9.17) is 16.3 Å². The van der Waals surface area contributed by atoms with Crippen molar-refractivity contribution in [2.45, 2.75) is 51.6 Å². The van der Waals surface area contributed by atoms with Crippen molar-refractivity contribution in [1.29, 1.82) is 0 Å². The molecule has 0 radical (unpaired) electrons. The number of Topliss-reactive ketones (excluding diaryl/α,β-unsaturated/α-hetero) is 1. The van der Waals surface area contributed by atoms with Gasteiger partial charge in [-0.2, -0.15) is 5.10 Å². The Morgan fingerprint density at radius 3 is 2.89 bits per heavy atom. The molecule has 0 aromatic carbocycles. The predicted molar refractivity (Wildman–Crippen MR) is 74.5 cm³/mol. The number of carbonyl (C=O) groups excluding carboxylic acids is 1. The van der Waals surface area contributed by atoms with E-state index >= 15 is 0 Å². The fraction of sp³-hybridized carbons (Fsp3) is 0.714. The number of aryl methyl sites for hydroxylation is 2. The van der Waals surface area contributed by atoms with Gasteiger partial charge in [-0.15, -0.1) is 0 Å². The number of aromatic nitrogens is 2. The molecule has 1 aliphatic heterocycles. The van der Waals surface area contributed by atoms with E-state index in [-0.39, 0.29) is 11.9 Å². The molecule has 0 aliphatic carbocycles. The Morgan fingerprint density at radius 2 is 2.32 bits per heavy atom. The molecule has 19 heavy (non-hydrogen) atoms. The average molecular weight is 285 g/mol. The van der Waals surface area contributed by atoms with Crippen molar-refractivity contribution in [3.63, 3.8) is 0 Å². The van der Waals surface area contributed by atoms with E-state index in [0.29, 0.717) is 17.9 Å². The van der Waals surface area contributed by atoms with Gasteiger partial charge in [-0.05, 0) is 25.7 Å². The first kappa shape index (κ1) is 14.5. The monoisotopic (exact) mass is 284 g/mol. The second-order valence-corrected chi connectivity index (χ2v) is 5.47. The lowest BCUT2D eigenvalue weighted by Crippen LogP contribution is -2.23. The van der Waals surface area contributed by atoms with Crippen LogP contribution in [0.4, 0.5) is 0 Å². The van der Waals surface area contributed by atoms with E-state index < -0.39 is 0 Å². The molecule has 0 saturated carbocycles. The Hall–Kier alpha value is -0.870. The van der Waals surface area contributed by atoms with Crippen LogP contribution in [-0.4, -0.2) is 28.3 Å². The molecule has 0 N–H and O–H groups in total. The maximum Gasteiger partial charge on any atom is 0.141 e. The molecule has 1 unspecified atom stereocenters. The summed E-state index contributed by atoms with van der Waals surface area (Å²) < 4.78 is 7.32. The summed E-state index contributed by atoms with van der Waals surface area (Å²) in [6, 6.07) is 0. The predicted octanol–water partition coefficient (Wildman–Crippen LogP) is 2.71. The van der Waals surface area contributed by atoms with Crippen molar-refractivity contribution in [3.05, 3.63) is 16.4 Å². The van der Waals surface area contributed by atoms with Crippen molar-refractivity contribution in [3.8, 4) is 0 Å². The van der Waals surface area contributed by atoms with Crippen molar-refractivity contribution >= 4 is 17.4 Å². The SMILES string of the molecule is CCc1nn(C)c(CC(=O)CC2CCCCO2)c1Cl. The first-order chi connectivity index (χ1) is 9.11. The van der Waals surface area contributed by atoms with Gasteiger partial charge in [0.05, 0.1) is 22.5 Å². The van der Waals surface area contributed by atoms with Gasteiger partial charge >= 0.3 is 0 Å². The molecule has 0 amide bonds. The van der Waals surface area contributed by atoms with E-state index in [0.717, 1.165) is 43.7 Å². The minimum Gasteiger partial charge on any atom is -0.378 e. The zero-order chi connectivity index (χ0) is 13.8. The fourth-order valence-electron chi connectivity index (χ4n) is 2.49. The summed E-state index contributed by atoms with van der Waals surface area (Å²) in [6.07, 6.45) is 4.98. The second kappa shape index (κ2) is 6.53. The number of nitrogens with zero attached hydrogens (tertiary/aromatic N) is 2. The first-order valence-electron chi connectivity index (χ1n) is 6.95. The van der Waals surface area contributed by atoms with Crippen LogP contribution in [0.2, 0.25) is 5.02 Å². The minimum absolute atomic E-state index is 0.0962. The van der Waals surface area contributed by atoms with Gasteiger partial charge in [0, 0.05) is 26.5 Å². The summed E-state index contributed by atoms with van der Waals surface area (Å²) in [7, 11) is 1.84. The van der Waals surface area contributed by atoms with Gasteiger partial charge < -0.3 is 4.74 Å². The Balaban J connectivity index is 1.96. The fourth-order valence-corrected chi connectivity index (χ4v) is 2.85. The van der Waals surface area contributed by atoms with Crippen molar-refractivity contribution in [1.82, 2.24) is 9.78 Å². The lowest BCUT2D eigenvalue weighted by Gasteiger charge is -2.21. The molecule has 1 aliphatic rings. The van der Waals surface area contributed by atoms with Gasteiger partial charge in [0.25, 0.3) is 0 Å². The largest absolute Gasteiger partial charge is 0.378 e. The molecular formula is C14H21ClN2O2. The van der Waals surface area contributed by atoms with Crippen LogP contribution in [0.25, 0.3) is 0 Å². The maximum atomic E-state index is 12.1. The van der Waals surface area contributed by atoms with Crippen LogP contribution in [0.5, 0.6) is 0 Å². The zero-order valence-corrected chi connectivity index (χ0v) is 12.4. The van der Waals surface area contributed by atoms with Crippen LogP contribution < -0.4 is 0 Å². The standard InChI is InChI=1S/C14H21ClN2O2/c1-3-12-14(15)13(17(2)16-12)9-10(18)8-11-6-4-5-7-19-11/h11H,3-9H2,1-2H3. The first-order valence-corrected chi connectivity index (χ1v) is 7.33. The van der Waals surface area contributed by atoms with Crippen molar-refractivity contribution in [2.75, 3.05) is 6.61 Å². The second-order valence-electron chi connectivity index (χ2n) is 5.09. The van der Waals surface area contributed by atoms with Crippen LogP contribution in [0.3, 0.4) is 0 Å². The van der Waals surface area contributed by atoms with Gasteiger partial charge in [0.15, 0.2) is 0 Å². The smallest absolute Gasteiger partial charge is 0.141 e. The number of rotatable bonds is 5. The Bertz CT molecular complexity index is 451. The molecular weight excluding hydrogens is 264 g/mol. The topological polar surface area (TPSA) is 44.1 Å². The van der Waals surface area contributed by atoms with Crippen molar-refractivity contribution < 1.29 is 9.53 Å². The summed E-state index contributed by atoms with van der Waals surface area (Å²) in [5.41, 5.74) is 1.68. The van der Waals surface area contributed by atoms with Gasteiger partial charge in [0.2, 0.25) is 0 Å². The molecule has 106 valence electrons. The quantitative estimate of drug-likeness (QED) is 0.835. The van der Waals surface area contributed by atoms with Crippen LogP contribution >= 0.6 is 11.6 Å². The molecule has 1 aromatic heterocycles. The summed E-state index contributed by atoms with van der Waals surface area (Å²) in [5, 5.41) is 4.97. The Morgan fingerprint density at radius 1 is 1.53 bits per heavy atom. The number of carbonyl (C=O) groups is 1. The Kier molecular flexibility index (Phi) is 4.99. The third-order valence-electron chi connectivity index (χ3n) is 3.60. The van der Waals surface area contributed by atoms with Gasteiger partial charge in [-0.1, -0.05) is 18.5 Å². The van der Waals surface area contributed by atoms with E-state index in [1.807, 2.05) is 14.0 Å². The molecule has 1 saturated heterocycles. The Labute approximate surface area is 119 Å². The van der Waals surface area contributed by atoms with Crippen LogP contribution in [-0.2, 0) is 29.4 Å². The van der Waals surface area contributed by atoms with Gasteiger partial charge in [-0.3, -0.25) is 9.48 Å². The average Bonchev–Trinajstić information content (AvgIpc) is 2.67. The number of hydrogen-bond donors (Lipinski definition) is 0. The van der Waals surface area contributed by atoms with Crippen LogP contribution in [0.15, 0.2) is 0 Å². The zero-order valence-electron chi connectivity index (χ0n) is 11.6. The molecule has 1 atom stereocenters. The molecule has 4 nitrogen and oxygen atoms in total. The lowest BCUT2D eigenvalue weighted by molar-refractivity contribution is -0.122. The van der Waals surface area contributed by atoms with E-state index in [1.54, 1.807) is 4.68 Å². The molecule has 1 fully saturated rings. The number of ketones is 1. The highest BCUT2D eigenvalue weighted by Crippen LogP contribution is 2.23. The molecule has 5 heteroatoms. The van der Waals surface area contributed by atoms with Crippen LogP contribution in [0, 0.1) is 0 Å². The third-order valence-corrected chi connectivity index (χ3v) is 4.03. The normalized spacial score (nSPS) is 19.6. The minimum atomic E-state index is 0.0962. The molecule has 0 spiro atoms. The van der Waals surface area contributed by atoms with Crippen LogP contribution in [0.1, 0.15) is 44.0 Å². The third kappa shape index (κ3) is 3.57. The lowest BCUT2D eigenvalue weighted by atomic mass is 10.0. The molecule has 0 bridgehead atoms. The summed E-state index contributed by atoms with van der Waals surface area (Å²) in [5.74, 6) is 0.180. The van der Waals surface area contributed by atoms with Gasteiger partial charge in [-0.25, -0.2) is 0 Å².